The number of esters is 2. The number of hydrogen-bond donors (Lipinski definition) is 1. The van der Waals surface area contributed by atoms with Gasteiger partial charge in [0.2, 0.25) is 0 Å². The average Bonchev–Trinajstić information content (AvgIpc) is 3.39. The number of carbonyl (C=O) groups is 4. The van der Waals surface area contributed by atoms with Gasteiger partial charge in [-0.1, -0.05) is 27.4 Å². The van der Waals surface area contributed by atoms with E-state index in [9.17, 15) is 24.3 Å². The van der Waals surface area contributed by atoms with Gasteiger partial charge in [-0.15, -0.1) is 0 Å². The second-order valence-electron chi connectivity index (χ2n) is 11.6. The number of hydrogen-bond acceptors (Lipinski definition) is 9. The molecule has 0 radical (unpaired) electrons. The molecular formula is C27H32O9. The highest BCUT2D eigenvalue weighted by molar-refractivity contribution is 5.98. The van der Waals surface area contributed by atoms with E-state index in [2.05, 4.69) is 6.58 Å². The Labute approximate surface area is 209 Å². The molecule has 8 atom stereocenters. The first-order chi connectivity index (χ1) is 16.8. The third kappa shape index (κ3) is 2.78. The molecule has 1 aromatic heterocycles. The molecule has 0 aromatic carbocycles. The van der Waals surface area contributed by atoms with Gasteiger partial charge in [-0.2, -0.15) is 0 Å². The molecular weight excluding hydrogens is 468 g/mol. The van der Waals surface area contributed by atoms with Gasteiger partial charge >= 0.3 is 11.9 Å². The van der Waals surface area contributed by atoms with Crippen molar-refractivity contribution < 1.29 is 42.9 Å². The predicted octanol–water partition coefficient (Wildman–Crippen LogP) is 2.71. The van der Waals surface area contributed by atoms with Crippen molar-refractivity contribution in [1.82, 2.24) is 0 Å². The Morgan fingerprint density at radius 3 is 2.53 bits per heavy atom. The number of Topliss-reactive ketones (excluding diaryl/α,β-unsaturated/α-hetero) is 2. The first kappa shape index (κ1) is 24.9. The van der Waals surface area contributed by atoms with Gasteiger partial charge in [-0.25, -0.2) is 0 Å². The summed E-state index contributed by atoms with van der Waals surface area (Å²) in [5.41, 5.74) is -4.28. The van der Waals surface area contributed by atoms with Crippen LogP contribution in [0.5, 0.6) is 0 Å². The molecule has 4 fully saturated rings. The van der Waals surface area contributed by atoms with Gasteiger partial charge in [-0.3, -0.25) is 19.2 Å². The minimum atomic E-state index is -1.47. The van der Waals surface area contributed by atoms with Gasteiger partial charge in [0, 0.05) is 17.4 Å². The highest BCUT2D eigenvalue weighted by atomic mass is 16.6. The Balaban J connectivity index is 1.71. The Kier molecular flexibility index (Phi) is 5.27. The number of rotatable bonds is 3. The second kappa shape index (κ2) is 7.61. The molecule has 2 aliphatic carbocycles. The molecule has 2 aliphatic heterocycles. The monoisotopic (exact) mass is 500 g/mol. The number of methoxy groups -OCH3 is 1. The van der Waals surface area contributed by atoms with E-state index in [4.69, 9.17) is 18.6 Å². The highest BCUT2D eigenvalue weighted by Gasteiger charge is 2.78. The number of cyclic esters (lactones) is 1. The normalized spacial score (nSPS) is 43.3. The summed E-state index contributed by atoms with van der Waals surface area (Å²) in [6.45, 7) is 11.1. The van der Waals surface area contributed by atoms with E-state index in [-0.39, 0.29) is 30.8 Å². The molecule has 2 saturated carbocycles. The molecule has 0 amide bonds. The van der Waals surface area contributed by atoms with Crippen LogP contribution in [0.1, 0.15) is 58.6 Å². The molecule has 1 spiro atoms. The summed E-state index contributed by atoms with van der Waals surface area (Å²) < 4.78 is 22.6. The van der Waals surface area contributed by atoms with Crippen LogP contribution in [-0.4, -0.2) is 53.5 Å². The maximum atomic E-state index is 14.5. The molecule has 4 aliphatic rings. The lowest BCUT2D eigenvalue weighted by Crippen LogP contribution is -2.66. The van der Waals surface area contributed by atoms with Crippen molar-refractivity contribution >= 4 is 23.5 Å². The lowest BCUT2D eigenvalue weighted by atomic mass is 9.50. The maximum absolute atomic E-state index is 14.5. The van der Waals surface area contributed by atoms with Gasteiger partial charge in [-0.05, 0) is 24.5 Å². The van der Waals surface area contributed by atoms with E-state index in [0.717, 1.165) is 0 Å². The van der Waals surface area contributed by atoms with E-state index in [1.807, 2.05) is 0 Å². The van der Waals surface area contributed by atoms with E-state index in [1.54, 1.807) is 33.8 Å². The summed E-state index contributed by atoms with van der Waals surface area (Å²) in [6, 6.07) is 1.64. The summed E-state index contributed by atoms with van der Waals surface area (Å²) in [5.74, 6) is -3.47. The van der Waals surface area contributed by atoms with Crippen LogP contribution >= 0.6 is 0 Å². The lowest BCUT2D eigenvalue weighted by molar-refractivity contribution is -0.259. The SMILES string of the molecule is C=C1[C@H]2C(=O)[C@@]3(C)[C@H](CC(=O)C(C)(C)[C@@H]3CC(=O)OC)O[C@@]13CC(=O)O[C@@H](c1ccoc1)[C@]3(C)[C@H]2O. The second-order valence-corrected chi connectivity index (χ2v) is 11.6. The molecule has 1 N–H and O–H groups in total. The Morgan fingerprint density at radius 2 is 1.92 bits per heavy atom. The van der Waals surface area contributed by atoms with Crippen molar-refractivity contribution in [3.63, 3.8) is 0 Å². The van der Waals surface area contributed by atoms with Crippen LogP contribution in [0.4, 0.5) is 0 Å². The first-order valence-electron chi connectivity index (χ1n) is 12.2. The van der Waals surface area contributed by atoms with Crippen LogP contribution < -0.4 is 0 Å². The lowest BCUT2D eigenvalue weighted by Gasteiger charge is -2.58. The standard InChI is InChI=1S/C27H32O9/c1-13-20-21(31)25(4)15(9-18(29)33-6)24(2,3)16(28)10-17(25)36-27(13)11-19(30)35-23(14-7-8-34-12-14)26(27,5)22(20)32/h7-8,12,15,17,20,22-23,32H,1,9-11H2,2-6H3/t15-,17-,20-,22-,23-,25+,26-,27-/m0/s1. The number of ether oxygens (including phenoxy) is 3. The van der Waals surface area contributed by atoms with Crippen molar-refractivity contribution in [1.29, 1.82) is 0 Å². The summed E-state index contributed by atoms with van der Waals surface area (Å²) in [5, 5.41) is 11.8. The van der Waals surface area contributed by atoms with E-state index >= 15 is 0 Å². The van der Waals surface area contributed by atoms with Crippen molar-refractivity contribution in [3.8, 4) is 0 Å². The van der Waals surface area contributed by atoms with Crippen molar-refractivity contribution in [3.05, 3.63) is 36.3 Å². The molecule has 2 bridgehead atoms. The van der Waals surface area contributed by atoms with Crippen molar-refractivity contribution in [2.24, 2.45) is 28.1 Å². The summed E-state index contributed by atoms with van der Waals surface area (Å²) in [7, 11) is 1.26. The molecule has 3 heterocycles. The zero-order valence-electron chi connectivity index (χ0n) is 21.2. The third-order valence-electron chi connectivity index (χ3n) is 9.84. The van der Waals surface area contributed by atoms with Crippen molar-refractivity contribution in [2.75, 3.05) is 7.11 Å². The Bertz CT molecular complexity index is 1170. The Morgan fingerprint density at radius 1 is 1.22 bits per heavy atom. The average molecular weight is 501 g/mol. The van der Waals surface area contributed by atoms with Crippen LogP contribution in [0.25, 0.3) is 0 Å². The highest BCUT2D eigenvalue weighted by Crippen LogP contribution is 2.69. The Hall–Kier alpha value is -2.78. The van der Waals surface area contributed by atoms with Gasteiger partial charge in [0.15, 0.2) is 5.78 Å². The number of ketones is 2. The number of fused-ring (bicyclic) bond motifs is 2. The molecule has 1 aromatic rings. The topological polar surface area (TPSA) is 129 Å². The smallest absolute Gasteiger partial charge is 0.309 e. The molecule has 0 unspecified atom stereocenters. The molecule has 194 valence electrons. The first-order valence-corrected chi connectivity index (χ1v) is 12.2. The van der Waals surface area contributed by atoms with Gasteiger partial charge < -0.3 is 23.7 Å². The summed E-state index contributed by atoms with van der Waals surface area (Å²) >= 11 is 0. The number of carbonyl (C=O) groups excluding carboxylic acids is 4. The van der Waals surface area contributed by atoms with Crippen LogP contribution in [0.3, 0.4) is 0 Å². The van der Waals surface area contributed by atoms with Gasteiger partial charge in [0.25, 0.3) is 0 Å². The predicted molar refractivity (Wildman–Crippen MR) is 123 cm³/mol. The van der Waals surface area contributed by atoms with Crippen LogP contribution in [0.2, 0.25) is 0 Å². The largest absolute Gasteiger partial charge is 0.472 e. The minimum Gasteiger partial charge on any atom is -0.472 e. The molecule has 5 rings (SSSR count). The third-order valence-corrected chi connectivity index (χ3v) is 9.84. The number of aliphatic hydroxyl groups excluding tert-OH is 1. The van der Waals surface area contributed by atoms with Crippen molar-refractivity contribution in [2.45, 2.75) is 70.9 Å². The maximum Gasteiger partial charge on any atom is 0.309 e. The van der Waals surface area contributed by atoms with E-state index in [0.29, 0.717) is 11.1 Å². The number of furan rings is 1. The summed E-state index contributed by atoms with van der Waals surface area (Å²) in [4.78, 5) is 53.3. The van der Waals surface area contributed by atoms with Crippen LogP contribution in [0, 0.1) is 28.1 Å². The van der Waals surface area contributed by atoms with Gasteiger partial charge in [0.1, 0.15) is 17.5 Å². The van der Waals surface area contributed by atoms with E-state index in [1.165, 1.54) is 19.6 Å². The molecule has 2 saturated heterocycles. The fraction of sp³-hybridized carbons (Fsp3) is 0.630. The van der Waals surface area contributed by atoms with Gasteiger partial charge in [0.05, 0.1) is 61.4 Å². The minimum absolute atomic E-state index is 0.0771. The summed E-state index contributed by atoms with van der Waals surface area (Å²) in [6.07, 6.45) is -0.851. The van der Waals surface area contributed by atoms with Crippen LogP contribution in [0.15, 0.2) is 35.2 Å². The number of aliphatic hydroxyl groups is 1. The van der Waals surface area contributed by atoms with E-state index < -0.39 is 63.9 Å². The fourth-order valence-corrected chi connectivity index (χ4v) is 7.53. The quantitative estimate of drug-likeness (QED) is 0.492. The zero-order chi connectivity index (χ0) is 26.4. The fourth-order valence-electron chi connectivity index (χ4n) is 7.53. The molecule has 9 heteroatoms. The zero-order valence-corrected chi connectivity index (χ0v) is 21.2. The van der Waals surface area contributed by atoms with Crippen LogP contribution in [-0.2, 0) is 33.4 Å². The molecule has 9 nitrogen and oxygen atoms in total. The molecule has 36 heavy (non-hydrogen) atoms.